The third kappa shape index (κ3) is 3.83. The van der Waals surface area contributed by atoms with Crippen LogP contribution in [0.2, 0.25) is 0 Å². The Morgan fingerprint density at radius 1 is 1.38 bits per heavy atom. The van der Waals surface area contributed by atoms with Crippen LogP contribution in [-0.4, -0.2) is 18.3 Å². The second-order valence-corrected chi connectivity index (χ2v) is 4.09. The molecule has 1 rings (SSSR count). The SMILES string of the molecule is Cc1cc([C@@H](C)N)ccc1OCCCCO. The third-order valence-electron chi connectivity index (χ3n) is 2.53. The topological polar surface area (TPSA) is 55.5 Å². The van der Waals surface area contributed by atoms with Gasteiger partial charge >= 0.3 is 0 Å². The van der Waals surface area contributed by atoms with Crippen LogP contribution in [-0.2, 0) is 0 Å². The van der Waals surface area contributed by atoms with Crippen LogP contribution in [0.4, 0.5) is 0 Å². The molecular weight excluding hydrogens is 202 g/mol. The summed E-state index contributed by atoms with van der Waals surface area (Å²) in [4.78, 5) is 0. The lowest BCUT2D eigenvalue weighted by molar-refractivity contribution is 0.252. The fourth-order valence-corrected chi connectivity index (χ4v) is 1.51. The smallest absolute Gasteiger partial charge is 0.122 e. The summed E-state index contributed by atoms with van der Waals surface area (Å²) in [6.45, 7) is 4.87. The molecule has 1 aromatic carbocycles. The highest BCUT2D eigenvalue weighted by Crippen LogP contribution is 2.21. The van der Waals surface area contributed by atoms with Gasteiger partial charge in [-0.2, -0.15) is 0 Å². The van der Waals surface area contributed by atoms with Crippen LogP contribution in [0.15, 0.2) is 18.2 Å². The number of aliphatic hydroxyl groups excluding tert-OH is 1. The molecule has 0 saturated heterocycles. The first-order chi connectivity index (χ1) is 7.65. The Balaban J connectivity index is 2.54. The highest BCUT2D eigenvalue weighted by atomic mass is 16.5. The Kier molecular flexibility index (Phi) is 5.29. The molecule has 0 aromatic heterocycles. The van der Waals surface area contributed by atoms with Crippen molar-refractivity contribution in [3.8, 4) is 5.75 Å². The number of hydrogen-bond acceptors (Lipinski definition) is 3. The summed E-state index contributed by atoms with van der Waals surface area (Å²) in [5.74, 6) is 0.905. The number of nitrogens with two attached hydrogens (primary N) is 1. The van der Waals surface area contributed by atoms with E-state index in [0.717, 1.165) is 29.7 Å². The van der Waals surface area contributed by atoms with Gasteiger partial charge in [0.15, 0.2) is 0 Å². The number of aliphatic hydroxyl groups is 1. The third-order valence-corrected chi connectivity index (χ3v) is 2.53. The van der Waals surface area contributed by atoms with Gasteiger partial charge in [0.05, 0.1) is 6.61 Å². The molecule has 0 amide bonds. The summed E-state index contributed by atoms with van der Waals surface area (Å²) in [5.41, 5.74) is 8.04. The lowest BCUT2D eigenvalue weighted by atomic mass is 10.1. The number of unbranched alkanes of at least 4 members (excludes halogenated alkanes) is 1. The molecule has 0 heterocycles. The lowest BCUT2D eigenvalue weighted by Crippen LogP contribution is -2.06. The predicted molar refractivity (Wildman–Crippen MR) is 65.6 cm³/mol. The molecule has 0 fully saturated rings. The number of ether oxygens (including phenoxy) is 1. The maximum atomic E-state index is 8.65. The molecule has 0 aliphatic heterocycles. The van der Waals surface area contributed by atoms with Crippen molar-refractivity contribution < 1.29 is 9.84 Å². The molecule has 3 N–H and O–H groups in total. The van der Waals surface area contributed by atoms with Crippen molar-refractivity contribution in [3.05, 3.63) is 29.3 Å². The first kappa shape index (κ1) is 13.0. The quantitative estimate of drug-likeness (QED) is 0.727. The molecule has 0 aliphatic carbocycles. The molecule has 0 saturated carbocycles. The second kappa shape index (κ2) is 6.51. The van der Waals surface area contributed by atoms with Crippen LogP contribution in [0.3, 0.4) is 0 Å². The van der Waals surface area contributed by atoms with E-state index in [-0.39, 0.29) is 12.6 Å². The Hall–Kier alpha value is -1.06. The summed E-state index contributed by atoms with van der Waals surface area (Å²) in [6.07, 6.45) is 1.67. The molecule has 0 radical (unpaired) electrons. The van der Waals surface area contributed by atoms with E-state index in [0.29, 0.717) is 6.61 Å². The zero-order valence-electron chi connectivity index (χ0n) is 10.1. The summed E-state index contributed by atoms with van der Waals surface area (Å²) in [6, 6.07) is 6.08. The van der Waals surface area contributed by atoms with E-state index in [2.05, 4.69) is 6.07 Å². The molecule has 3 heteroatoms. The number of rotatable bonds is 6. The number of hydrogen-bond donors (Lipinski definition) is 2. The van der Waals surface area contributed by atoms with Crippen LogP contribution < -0.4 is 10.5 Å². The average Bonchev–Trinajstić information content (AvgIpc) is 2.26. The maximum Gasteiger partial charge on any atom is 0.122 e. The van der Waals surface area contributed by atoms with Gasteiger partial charge in [0, 0.05) is 12.6 Å². The minimum absolute atomic E-state index is 0.0575. The summed E-state index contributed by atoms with van der Waals surface area (Å²) < 4.78 is 5.62. The van der Waals surface area contributed by atoms with E-state index in [1.807, 2.05) is 26.0 Å². The van der Waals surface area contributed by atoms with E-state index in [4.69, 9.17) is 15.6 Å². The molecule has 3 nitrogen and oxygen atoms in total. The summed E-state index contributed by atoms with van der Waals surface area (Å²) in [7, 11) is 0. The molecule has 16 heavy (non-hydrogen) atoms. The van der Waals surface area contributed by atoms with E-state index >= 15 is 0 Å². The largest absolute Gasteiger partial charge is 0.493 e. The molecule has 0 aliphatic rings. The van der Waals surface area contributed by atoms with Crippen LogP contribution in [0.1, 0.15) is 36.9 Å². The summed E-state index contributed by atoms with van der Waals surface area (Å²) >= 11 is 0. The summed E-state index contributed by atoms with van der Waals surface area (Å²) in [5, 5.41) is 8.65. The van der Waals surface area contributed by atoms with Crippen LogP contribution in [0.25, 0.3) is 0 Å². The van der Waals surface area contributed by atoms with Crippen molar-refractivity contribution in [2.45, 2.75) is 32.7 Å². The molecule has 1 aromatic rings. The molecule has 0 bridgehead atoms. The van der Waals surface area contributed by atoms with E-state index in [1.54, 1.807) is 0 Å². The molecule has 0 spiro atoms. The normalized spacial score (nSPS) is 12.5. The van der Waals surface area contributed by atoms with Crippen LogP contribution in [0.5, 0.6) is 5.75 Å². The first-order valence-electron chi connectivity index (χ1n) is 5.75. The van der Waals surface area contributed by atoms with Gasteiger partial charge in [-0.25, -0.2) is 0 Å². The van der Waals surface area contributed by atoms with Crippen LogP contribution >= 0.6 is 0 Å². The fraction of sp³-hybridized carbons (Fsp3) is 0.538. The van der Waals surface area contributed by atoms with E-state index < -0.39 is 0 Å². The molecule has 0 unspecified atom stereocenters. The van der Waals surface area contributed by atoms with Crippen molar-refractivity contribution in [1.82, 2.24) is 0 Å². The van der Waals surface area contributed by atoms with Gasteiger partial charge in [-0.3, -0.25) is 0 Å². The first-order valence-corrected chi connectivity index (χ1v) is 5.75. The Morgan fingerprint density at radius 2 is 2.12 bits per heavy atom. The Morgan fingerprint density at radius 3 is 2.69 bits per heavy atom. The zero-order valence-corrected chi connectivity index (χ0v) is 10.1. The average molecular weight is 223 g/mol. The Bertz CT molecular complexity index is 324. The van der Waals surface area contributed by atoms with Crippen molar-refractivity contribution in [3.63, 3.8) is 0 Å². The van der Waals surface area contributed by atoms with Crippen LogP contribution in [0, 0.1) is 6.92 Å². The van der Waals surface area contributed by atoms with Gasteiger partial charge in [0.1, 0.15) is 5.75 Å². The van der Waals surface area contributed by atoms with Gasteiger partial charge in [-0.05, 0) is 43.9 Å². The second-order valence-electron chi connectivity index (χ2n) is 4.09. The number of benzene rings is 1. The van der Waals surface area contributed by atoms with Crippen molar-refractivity contribution in [2.24, 2.45) is 5.73 Å². The van der Waals surface area contributed by atoms with Crippen molar-refractivity contribution in [2.75, 3.05) is 13.2 Å². The lowest BCUT2D eigenvalue weighted by Gasteiger charge is -2.12. The Labute approximate surface area is 97.2 Å². The van der Waals surface area contributed by atoms with Gasteiger partial charge < -0.3 is 15.6 Å². The molecular formula is C13H21NO2. The van der Waals surface area contributed by atoms with Crippen molar-refractivity contribution in [1.29, 1.82) is 0 Å². The minimum Gasteiger partial charge on any atom is -0.493 e. The molecule has 1 atom stereocenters. The fourth-order valence-electron chi connectivity index (χ4n) is 1.51. The zero-order chi connectivity index (χ0) is 12.0. The highest BCUT2D eigenvalue weighted by molar-refractivity contribution is 5.37. The maximum absolute atomic E-state index is 8.65. The van der Waals surface area contributed by atoms with Crippen molar-refractivity contribution >= 4 is 0 Å². The van der Waals surface area contributed by atoms with Gasteiger partial charge in [-0.1, -0.05) is 12.1 Å². The van der Waals surface area contributed by atoms with E-state index in [1.165, 1.54) is 0 Å². The monoisotopic (exact) mass is 223 g/mol. The minimum atomic E-state index is 0.0575. The van der Waals surface area contributed by atoms with Gasteiger partial charge in [-0.15, -0.1) is 0 Å². The molecule has 90 valence electrons. The predicted octanol–water partition coefficient (Wildman–Crippen LogP) is 2.17. The highest BCUT2D eigenvalue weighted by Gasteiger charge is 2.03. The van der Waals surface area contributed by atoms with Gasteiger partial charge in [0.25, 0.3) is 0 Å². The standard InChI is InChI=1S/C13H21NO2/c1-10-9-12(11(2)14)5-6-13(10)16-8-4-3-7-15/h5-6,9,11,15H,3-4,7-8,14H2,1-2H3/t11-/m1/s1. The van der Waals surface area contributed by atoms with E-state index in [9.17, 15) is 0 Å². The van der Waals surface area contributed by atoms with Gasteiger partial charge in [0.2, 0.25) is 0 Å². The number of aryl methyl sites for hydroxylation is 1.